The number of hydrogen-bond donors (Lipinski definition) is 2. The van der Waals surface area contributed by atoms with Crippen molar-refractivity contribution in [2.45, 2.75) is 24.7 Å². The summed E-state index contributed by atoms with van der Waals surface area (Å²) < 4.78 is 25.8. The number of rotatable bonds is 9. The van der Waals surface area contributed by atoms with E-state index in [4.69, 9.17) is 11.0 Å². The maximum Gasteiger partial charge on any atom is 0.267 e. The number of benzene rings is 1. The van der Waals surface area contributed by atoms with Gasteiger partial charge in [0.15, 0.2) is 0 Å². The number of sulfonamides is 1. The average molecular weight is 404 g/mol. The molecule has 1 aliphatic rings. The molecule has 0 radical (unpaired) electrons. The van der Waals surface area contributed by atoms with Gasteiger partial charge in [0.1, 0.15) is 6.54 Å². The maximum absolute atomic E-state index is 12.7. The first-order valence-corrected chi connectivity index (χ1v) is 9.91. The van der Waals surface area contributed by atoms with E-state index in [-0.39, 0.29) is 41.7 Å². The van der Waals surface area contributed by atoms with Crippen LogP contribution in [0.25, 0.3) is 0 Å². The van der Waals surface area contributed by atoms with Crippen molar-refractivity contribution in [3.8, 4) is 6.07 Å². The van der Waals surface area contributed by atoms with Gasteiger partial charge in [0.2, 0.25) is 17.7 Å². The normalized spacial score (nSPS) is 15.1. The summed E-state index contributed by atoms with van der Waals surface area (Å²) in [5.41, 5.74) is 6.23. The zero-order chi connectivity index (χ0) is 20.9. The molecule has 1 aromatic carbocycles. The molecule has 1 atom stereocenters. The van der Waals surface area contributed by atoms with Gasteiger partial charge in [0, 0.05) is 18.5 Å². The Hall–Kier alpha value is -3.19. The van der Waals surface area contributed by atoms with Crippen LogP contribution in [0.15, 0.2) is 40.8 Å². The third kappa shape index (κ3) is 4.95. The van der Waals surface area contributed by atoms with Crippen LogP contribution in [0.4, 0.5) is 0 Å². The highest BCUT2D eigenvalue weighted by Crippen LogP contribution is 2.27. The van der Waals surface area contributed by atoms with Crippen LogP contribution in [0, 0.1) is 17.2 Å². The third-order valence-corrected chi connectivity index (χ3v) is 5.96. The number of amides is 3. The van der Waals surface area contributed by atoms with E-state index < -0.39 is 28.4 Å². The SMILES string of the molecule is CC1=CC1C(=O)NCCCC(=O)N(CC#N)S(=O)(=O)c1ccc(C(N)=O)cc1. The lowest BCUT2D eigenvalue weighted by molar-refractivity contribution is -0.126. The number of nitrogens with two attached hydrogens (primary N) is 1. The predicted molar refractivity (Wildman–Crippen MR) is 99.0 cm³/mol. The van der Waals surface area contributed by atoms with Crippen LogP contribution in [0.5, 0.6) is 0 Å². The van der Waals surface area contributed by atoms with Crippen molar-refractivity contribution in [3.05, 3.63) is 41.5 Å². The van der Waals surface area contributed by atoms with E-state index >= 15 is 0 Å². The molecule has 0 saturated carbocycles. The molecular formula is C18H20N4O5S. The smallest absolute Gasteiger partial charge is 0.267 e. The van der Waals surface area contributed by atoms with E-state index in [0.29, 0.717) is 4.31 Å². The molecule has 0 aromatic heterocycles. The Morgan fingerprint density at radius 2 is 1.86 bits per heavy atom. The highest BCUT2D eigenvalue weighted by Gasteiger charge is 2.30. The largest absolute Gasteiger partial charge is 0.366 e. The van der Waals surface area contributed by atoms with E-state index in [0.717, 1.165) is 17.7 Å². The molecular weight excluding hydrogens is 384 g/mol. The first-order chi connectivity index (χ1) is 13.2. The van der Waals surface area contributed by atoms with Gasteiger partial charge in [-0.05, 0) is 37.6 Å². The van der Waals surface area contributed by atoms with E-state index in [9.17, 15) is 22.8 Å². The molecule has 0 fully saturated rings. The number of nitrogens with zero attached hydrogens (tertiary/aromatic N) is 2. The zero-order valence-electron chi connectivity index (χ0n) is 15.2. The summed E-state index contributed by atoms with van der Waals surface area (Å²) in [6, 6.07) is 6.43. The first-order valence-electron chi connectivity index (χ1n) is 8.47. The minimum absolute atomic E-state index is 0.119. The first kappa shape index (κ1) is 21.1. The number of hydrogen-bond acceptors (Lipinski definition) is 6. The fourth-order valence-electron chi connectivity index (χ4n) is 2.47. The second-order valence-electron chi connectivity index (χ2n) is 6.24. The van der Waals surface area contributed by atoms with Crippen LogP contribution in [-0.2, 0) is 19.6 Å². The van der Waals surface area contributed by atoms with Crippen LogP contribution in [-0.4, -0.2) is 43.5 Å². The molecule has 9 nitrogen and oxygen atoms in total. The van der Waals surface area contributed by atoms with Crippen molar-refractivity contribution < 1.29 is 22.8 Å². The van der Waals surface area contributed by atoms with Crippen molar-refractivity contribution in [1.29, 1.82) is 5.26 Å². The van der Waals surface area contributed by atoms with Gasteiger partial charge in [0.25, 0.3) is 10.0 Å². The Morgan fingerprint density at radius 3 is 2.36 bits per heavy atom. The monoisotopic (exact) mass is 404 g/mol. The van der Waals surface area contributed by atoms with Crippen LogP contribution < -0.4 is 11.1 Å². The van der Waals surface area contributed by atoms with Crippen LogP contribution in [0.2, 0.25) is 0 Å². The minimum atomic E-state index is -4.26. The number of nitrogens with one attached hydrogen (secondary N) is 1. The topological polar surface area (TPSA) is 150 Å². The second kappa shape index (κ2) is 8.67. The lowest BCUT2D eigenvalue weighted by Crippen LogP contribution is -2.37. The summed E-state index contributed by atoms with van der Waals surface area (Å²) in [4.78, 5) is 34.9. The highest BCUT2D eigenvalue weighted by molar-refractivity contribution is 7.89. The fraction of sp³-hybridized carbons (Fsp3) is 0.333. The van der Waals surface area contributed by atoms with Gasteiger partial charge in [-0.3, -0.25) is 14.4 Å². The summed E-state index contributed by atoms with van der Waals surface area (Å²) in [5, 5.41) is 11.6. The quantitative estimate of drug-likeness (QED) is 0.343. The van der Waals surface area contributed by atoms with Gasteiger partial charge in [-0.1, -0.05) is 11.6 Å². The Bertz CT molecular complexity index is 961. The van der Waals surface area contributed by atoms with Crippen molar-refractivity contribution in [2.75, 3.05) is 13.1 Å². The summed E-state index contributed by atoms with van der Waals surface area (Å²) in [5.74, 6) is -1.81. The van der Waals surface area contributed by atoms with Gasteiger partial charge >= 0.3 is 0 Å². The number of carbonyl (C=O) groups is 3. The molecule has 1 aromatic rings. The van der Waals surface area contributed by atoms with Gasteiger partial charge in [0.05, 0.1) is 16.9 Å². The fourth-order valence-corrected chi connectivity index (χ4v) is 3.79. The lowest BCUT2D eigenvalue weighted by Gasteiger charge is -2.20. The Labute approximate surface area is 162 Å². The van der Waals surface area contributed by atoms with Gasteiger partial charge in [-0.25, -0.2) is 12.7 Å². The molecule has 3 amide bonds. The third-order valence-electron chi connectivity index (χ3n) is 4.18. The summed E-state index contributed by atoms with van der Waals surface area (Å²) >= 11 is 0. The zero-order valence-corrected chi connectivity index (χ0v) is 16.0. The molecule has 3 N–H and O–H groups in total. The van der Waals surface area contributed by atoms with E-state index in [2.05, 4.69) is 5.32 Å². The Balaban J connectivity index is 1.99. The molecule has 0 spiro atoms. The molecule has 1 unspecified atom stereocenters. The van der Waals surface area contributed by atoms with Crippen molar-refractivity contribution in [1.82, 2.24) is 9.62 Å². The van der Waals surface area contributed by atoms with E-state index in [1.165, 1.54) is 12.1 Å². The maximum atomic E-state index is 12.7. The van der Waals surface area contributed by atoms with Crippen molar-refractivity contribution >= 4 is 27.7 Å². The van der Waals surface area contributed by atoms with Gasteiger partial charge < -0.3 is 11.1 Å². The van der Waals surface area contributed by atoms with Crippen LogP contribution in [0.3, 0.4) is 0 Å². The highest BCUT2D eigenvalue weighted by atomic mass is 32.2. The molecule has 2 rings (SSSR count). The minimum Gasteiger partial charge on any atom is -0.366 e. The molecule has 148 valence electrons. The summed E-state index contributed by atoms with van der Waals surface area (Å²) in [6.07, 6.45) is 1.89. The van der Waals surface area contributed by atoms with Gasteiger partial charge in [-0.15, -0.1) is 0 Å². The van der Waals surface area contributed by atoms with E-state index in [1.54, 1.807) is 6.07 Å². The number of carbonyl (C=O) groups excluding carboxylic acids is 3. The predicted octanol–water partition coefficient (Wildman–Crippen LogP) is 0.299. The lowest BCUT2D eigenvalue weighted by atomic mass is 10.2. The summed E-state index contributed by atoms with van der Waals surface area (Å²) in [7, 11) is -4.26. The van der Waals surface area contributed by atoms with Crippen molar-refractivity contribution in [2.24, 2.45) is 11.7 Å². The van der Waals surface area contributed by atoms with Crippen molar-refractivity contribution in [3.63, 3.8) is 0 Å². The molecule has 10 heteroatoms. The average Bonchev–Trinajstić information content (AvgIpc) is 3.39. The Morgan fingerprint density at radius 1 is 1.25 bits per heavy atom. The Kier molecular flexibility index (Phi) is 6.53. The summed E-state index contributed by atoms with van der Waals surface area (Å²) in [6.45, 7) is 1.42. The van der Waals surface area contributed by atoms with Crippen LogP contribution >= 0.6 is 0 Å². The van der Waals surface area contributed by atoms with Gasteiger partial charge in [-0.2, -0.15) is 5.26 Å². The molecule has 0 heterocycles. The van der Waals surface area contributed by atoms with E-state index in [1.807, 2.05) is 13.0 Å². The molecule has 1 aliphatic carbocycles. The molecule has 0 saturated heterocycles. The molecule has 28 heavy (non-hydrogen) atoms. The number of nitriles is 1. The second-order valence-corrected chi connectivity index (χ2v) is 8.10. The van der Waals surface area contributed by atoms with Crippen LogP contribution in [0.1, 0.15) is 30.1 Å². The molecule has 0 aliphatic heterocycles. The number of primary amides is 1. The molecule has 0 bridgehead atoms. The standard InChI is InChI=1S/C18H20N4O5S/c1-12-11-15(12)18(25)21-9-2-3-16(23)22(10-8-19)28(26,27)14-6-4-13(5-7-14)17(20)24/h4-7,11,15H,2-3,9-10H2,1H3,(H2,20,24)(H,21,25).